The zero-order valence-electron chi connectivity index (χ0n) is 13.1. The van der Waals surface area contributed by atoms with Gasteiger partial charge in [-0.3, -0.25) is 15.1 Å². The maximum Gasteiger partial charge on any atom is 0.266 e. The van der Waals surface area contributed by atoms with Crippen LogP contribution in [0.15, 0.2) is 48.0 Å². The van der Waals surface area contributed by atoms with Crippen LogP contribution in [0.2, 0.25) is 10.0 Å². The predicted molar refractivity (Wildman–Crippen MR) is 101 cm³/mol. The van der Waals surface area contributed by atoms with E-state index in [-0.39, 0.29) is 5.91 Å². The van der Waals surface area contributed by atoms with Crippen molar-refractivity contribution < 1.29 is 9.53 Å². The number of hydrogen-bond donors (Lipinski definition) is 1. The summed E-state index contributed by atoms with van der Waals surface area (Å²) in [4.78, 5) is 20.9. The second-order valence-corrected chi connectivity index (χ2v) is 6.78. The van der Waals surface area contributed by atoms with E-state index in [1.54, 1.807) is 31.3 Å². The minimum absolute atomic E-state index is 0.326. The number of aromatic nitrogens is 2. The van der Waals surface area contributed by atoms with E-state index in [1.807, 2.05) is 23.6 Å². The molecular formula is C17H13Cl2N3O2S. The predicted octanol–water partition coefficient (Wildman–Crippen LogP) is 4.92. The number of carbonyl (C=O) groups excluding carboxylic acids is 1. The Kier molecular flexibility index (Phi) is 5.53. The fraction of sp³-hybridized carbons (Fsp3) is 0.118. The van der Waals surface area contributed by atoms with Crippen molar-refractivity contribution in [3.63, 3.8) is 0 Å². The fourth-order valence-corrected chi connectivity index (χ4v) is 3.15. The first kappa shape index (κ1) is 17.7. The topological polar surface area (TPSA) is 64.1 Å². The molecule has 0 saturated carbocycles. The van der Waals surface area contributed by atoms with Crippen molar-refractivity contribution in [2.45, 2.75) is 13.0 Å². The molecule has 0 saturated heterocycles. The van der Waals surface area contributed by atoms with Crippen LogP contribution in [0.25, 0.3) is 11.4 Å². The van der Waals surface area contributed by atoms with Crippen LogP contribution in [0, 0.1) is 0 Å². The molecule has 1 atom stereocenters. The normalized spacial score (nSPS) is 11.8. The summed E-state index contributed by atoms with van der Waals surface area (Å²) in [6, 6.07) is 10.4. The number of halogens is 2. The maximum atomic E-state index is 12.3. The van der Waals surface area contributed by atoms with E-state index in [4.69, 9.17) is 27.9 Å². The molecule has 3 rings (SSSR count). The number of rotatable bonds is 5. The summed E-state index contributed by atoms with van der Waals surface area (Å²) < 4.78 is 5.59. The van der Waals surface area contributed by atoms with Gasteiger partial charge in [-0.25, -0.2) is 4.98 Å². The number of nitrogens with zero attached hydrogens (tertiary/aromatic N) is 2. The average Bonchev–Trinajstić information content (AvgIpc) is 3.06. The first-order valence-electron chi connectivity index (χ1n) is 7.32. The van der Waals surface area contributed by atoms with Crippen LogP contribution in [0.3, 0.4) is 0 Å². The Bertz CT molecular complexity index is 887. The molecule has 0 unspecified atom stereocenters. The number of pyridine rings is 1. The largest absolute Gasteiger partial charge is 0.479 e. The Morgan fingerprint density at radius 1 is 1.24 bits per heavy atom. The monoisotopic (exact) mass is 393 g/mol. The molecule has 1 aromatic carbocycles. The van der Waals surface area contributed by atoms with Gasteiger partial charge in [0, 0.05) is 16.6 Å². The van der Waals surface area contributed by atoms with Crippen LogP contribution in [-0.2, 0) is 4.79 Å². The molecule has 2 heterocycles. The van der Waals surface area contributed by atoms with Crippen LogP contribution < -0.4 is 10.1 Å². The Balaban J connectivity index is 1.65. The van der Waals surface area contributed by atoms with Gasteiger partial charge in [0.05, 0.1) is 10.7 Å². The molecule has 8 heteroatoms. The highest BCUT2D eigenvalue weighted by atomic mass is 35.5. The second-order valence-electron chi connectivity index (χ2n) is 5.08. The van der Waals surface area contributed by atoms with Crippen LogP contribution >= 0.6 is 34.5 Å². The molecule has 3 aromatic rings. The molecule has 5 nitrogen and oxygen atoms in total. The Labute approximate surface area is 158 Å². The maximum absolute atomic E-state index is 12.3. The number of benzene rings is 1. The van der Waals surface area contributed by atoms with Crippen molar-refractivity contribution in [1.29, 1.82) is 0 Å². The molecule has 0 fully saturated rings. The summed E-state index contributed by atoms with van der Waals surface area (Å²) in [6.45, 7) is 1.63. The lowest BCUT2D eigenvalue weighted by Crippen LogP contribution is -2.30. The third kappa shape index (κ3) is 4.48. The third-order valence-corrected chi connectivity index (χ3v) is 4.52. The molecule has 2 aromatic heterocycles. The number of amides is 1. The van der Waals surface area contributed by atoms with E-state index < -0.39 is 6.10 Å². The molecule has 1 amide bonds. The summed E-state index contributed by atoms with van der Waals surface area (Å²) >= 11 is 13.2. The third-order valence-electron chi connectivity index (χ3n) is 3.23. The van der Waals surface area contributed by atoms with Crippen molar-refractivity contribution in [2.24, 2.45) is 0 Å². The van der Waals surface area contributed by atoms with Crippen LogP contribution in [0.4, 0.5) is 5.13 Å². The first-order chi connectivity index (χ1) is 12.0. The van der Waals surface area contributed by atoms with Gasteiger partial charge in [0.25, 0.3) is 5.91 Å². The molecule has 0 aliphatic carbocycles. The van der Waals surface area contributed by atoms with Gasteiger partial charge in [-0.05, 0) is 37.3 Å². The molecular weight excluding hydrogens is 381 g/mol. The molecule has 25 heavy (non-hydrogen) atoms. The number of ether oxygens (including phenoxy) is 1. The number of nitrogens with one attached hydrogen (secondary N) is 1. The van der Waals surface area contributed by atoms with E-state index in [0.717, 1.165) is 5.69 Å². The van der Waals surface area contributed by atoms with Crippen molar-refractivity contribution in [1.82, 2.24) is 9.97 Å². The first-order valence-corrected chi connectivity index (χ1v) is 8.96. The zero-order valence-corrected chi connectivity index (χ0v) is 15.4. The molecule has 1 N–H and O–H groups in total. The van der Waals surface area contributed by atoms with Crippen LogP contribution in [-0.4, -0.2) is 22.0 Å². The summed E-state index contributed by atoms with van der Waals surface area (Å²) in [5.41, 5.74) is 1.45. The summed E-state index contributed by atoms with van der Waals surface area (Å²) in [6.07, 6.45) is 0.944. The van der Waals surface area contributed by atoms with Crippen molar-refractivity contribution in [3.05, 3.63) is 58.0 Å². The summed E-state index contributed by atoms with van der Waals surface area (Å²) in [5, 5.41) is 5.88. The van der Waals surface area contributed by atoms with E-state index in [1.165, 1.54) is 11.3 Å². The number of thiazole rings is 1. The van der Waals surface area contributed by atoms with Gasteiger partial charge < -0.3 is 4.74 Å². The number of hydrogen-bond acceptors (Lipinski definition) is 5. The minimum Gasteiger partial charge on any atom is -0.479 e. The highest BCUT2D eigenvalue weighted by molar-refractivity contribution is 7.14. The Morgan fingerprint density at radius 2 is 2.08 bits per heavy atom. The Hall–Kier alpha value is -2.15. The molecule has 0 spiro atoms. The lowest BCUT2D eigenvalue weighted by molar-refractivity contribution is -0.122. The van der Waals surface area contributed by atoms with Crippen LogP contribution in [0.5, 0.6) is 5.75 Å². The lowest BCUT2D eigenvalue weighted by atomic mass is 10.3. The smallest absolute Gasteiger partial charge is 0.266 e. The lowest BCUT2D eigenvalue weighted by Gasteiger charge is -2.14. The van der Waals surface area contributed by atoms with E-state index in [2.05, 4.69) is 15.3 Å². The molecule has 128 valence electrons. The van der Waals surface area contributed by atoms with Gasteiger partial charge in [-0.1, -0.05) is 29.3 Å². The summed E-state index contributed by atoms with van der Waals surface area (Å²) in [7, 11) is 0. The van der Waals surface area contributed by atoms with Crippen molar-refractivity contribution in [3.8, 4) is 17.1 Å². The van der Waals surface area contributed by atoms with Gasteiger partial charge in [0.15, 0.2) is 11.2 Å². The zero-order chi connectivity index (χ0) is 17.8. The highest BCUT2D eigenvalue weighted by Crippen LogP contribution is 2.29. The number of anilines is 1. The molecule has 0 aliphatic heterocycles. The molecule has 0 aliphatic rings. The van der Waals surface area contributed by atoms with Crippen LogP contribution in [0.1, 0.15) is 6.92 Å². The minimum atomic E-state index is -0.749. The SMILES string of the molecule is C[C@H](Oc1ccc(Cl)cc1Cl)C(=O)Nc1nc(-c2ccccn2)cs1. The van der Waals surface area contributed by atoms with E-state index in [0.29, 0.717) is 26.6 Å². The molecule has 0 radical (unpaired) electrons. The highest BCUT2D eigenvalue weighted by Gasteiger charge is 2.18. The quantitative estimate of drug-likeness (QED) is 0.667. The second kappa shape index (κ2) is 7.82. The van der Waals surface area contributed by atoms with Gasteiger partial charge in [-0.15, -0.1) is 11.3 Å². The standard InChI is InChI=1S/C17H13Cl2N3O2S/c1-10(24-15-6-5-11(18)8-12(15)19)16(23)22-17-21-14(9-25-17)13-4-2-3-7-20-13/h2-10H,1H3,(H,21,22,23)/t10-/m0/s1. The van der Waals surface area contributed by atoms with Crippen molar-refractivity contribution >= 4 is 45.6 Å². The van der Waals surface area contributed by atoms with Gasteiger partial charge in [0.2, 0.25) is 0 Å². The Morgan fingerprint density at radius 3 is 2.80 bits per heavy atom. The van der Waals surface area contributed by atoms with Gasteiger partial charge in [0.1, 0.15) is 11.4 Å². The fourth-order valence-electron chi connectivity index (χ4n) is 1.98. The van der Waals surface area contributed by atoms with Crippen molar-refractivity contribution in [2.75, 3.05) is 5.32 Å². The number of carbonyl (C=O) groups is 1. The molecule has 0 bridgehead atoms. The van der Waals surface area contributed by atoms with Gasteiger partial charge >= 0.3 is 0 Å². The van der Waals surface area contributed by atoms with E-state index >= 15 is 0 Å². The summed E-state index contributed by atoms with van der Waals surface area (Å²) in [5.74, 6) is 0.0648. The van der Waals surface area contributed by atoms with E-state index in [9.17, 15) is 4.79 Å². The van der Waals surface area contributed by atoms with Gasteiger partial charge in [-0.2, -0.15) is 0 Å². The average molecular weight is 394 g/mol.